The van der Waals surface area contributed by atoms with Crippen LogP contribution in [0.15, 0.2) is 114 Å². The fraction of sp³-hybridized carbons (Fsp3) is 0.138. The second-order valence-electron chi connectivity index (χ2n) is 8.60. The minimum Gasteiger partial charge on any atom is -0.478 e. The third kappa shape index (κ3) is 3.41. The van der Waals surface area contributed by atoms with Crippen LogP contribution >= 0.6 is 23.4 Å². The lowest BCUT2D eigenvalue weighted by Gasteiger charge is -2.57. The molecule has 0 radical (unpaired) electrons. The quantitative estimate of drug-likeness (QED) is 0.286. The first kappa shape index (κ1) is 21.3. The summed E-state index contributed by atoms with van der Waals surface area (Å²) in [6, 6.07) is 36.1. The van der Waals surface area contributed by atoms with Crippen molar-refractivity contribution < 1.29 is 9.53 Å². The van der Waals surface area contributed by atoms with E-state index in [1.54, 1.807) is 0 Å². The number of ether oxygens (including phenoxy) is 1. The molecule has 0 bridgehead atoms. The van der Waals surface area contributed by atoms with E-state index in [0.717, 1.165) is 16.1 Å². The summed E-state index contributed by atoms with van der Waals surface area (Å²) in [5, 5.41) is 0.805. The molecule has 2 heterocycles. The highest BCUT2D eigenvalue weighted by Gasteiger charge is 2.65. The number of thioether (sulfide) groups is 1. The Bertz CT molecular complexity index is 1330. The molecule has 0 saturated carbocycles. The molecule has 2 aliphatic heterocycles. The molecule has 2 aliphatic rings. The number of hydrogen-bond donors (Lipinski definition) is 0. The van der Waals surface area contributed by atoms with Gasteiger partial charge in [-0.2, -0.15) is 0 Å². The van der Waals surface area contributed by atoms with Crippen molar-refractivity contribution in [1.29, 1.82) is 0 Å². The molecule has 6 rings (SSSR count). The second-order valence-corrected chi connectivity index (χ2v) is 10.3. The first-order chi connectivity index (χ1) is 16.7. The highest BCUT2D eigenvalue weighted by atomic mass is 35.5. The number of fused-ring (bicyclic) bond motifs is 3. The van der Waals surface area contributed by atoms with E-state index < -0.39 is 11.6 Å². The van der Waals surface area contributed by atoms with Crippen molar-refractivity contribution >= 4 is 35.0 Å². The Hall–Kier alpha value is -3.21. The minimum absolute atomic E-state index is 0.0273. The van der Waals surface area contributed by atoms with E-state index in [9.17, 15) is 4.79 Å². The van der Waals surface area contributed by atoms with E-state index >= 15 is 0 Å². The molecule has 0 aliphatic carbocycles. The van der Waals surface area contributed by atoms with Gasteiger partial charge in [-0.05, 0) is 53.9 Å². The Morgan fingerprint density at radius 1 is 0.824 bits per heavy atom. The molecule has 5 heteroatoms. The van der Waals surface area contributed by atoms with Crippen molar-refractivity contribution in [2.24, 2.45) is 0 Å². The zero-order valence-corrected chi connectivity index (χ0v) is 19.9. The summed E-state index contributed by atoms with van der Waals surface area (Å²) < 4.78 is 6.44. The van der Waals surface area contributed by atoms with Gasteiger partial charge in [0.1, 0.15) is 11.3 Å². The van der Waals surface area contributed by atoms with Crippen LogP contribution in [0.25, 0.3) is 0 Å². The average Bonchev–Trinajstić information content (AvgIpc) is 3.02. The predicted molar refractivity (Wildman–Crippen MR) is 138 cm³/mol. The summed E-state index contributed by atoms with van der Waals surface area (Å²) in [5.41, 5.74) is 2.52. The van der Waals surface area contributed by atoms with Crippen molar-refractivity contribution in [3.63, 3.8) is 0 Å². The summed E-state index contributed by atoms with van der Waals surface area (Å²) in [5.74, 6) is 0.663. The molecule has 0 N–H and O–H groups in total. The number of β-lactam (4-membered cyclic amide) rings is 1. The number of nitrogens with zero attached hydrogens (tertiary/aromatic N) is 1. The third-order valence-electron chi connectivity index (χ3n) is 6.66. The van der Waals surface area contributed by atoms with Gasteiger partial charge in [-0.15, -0.1) is 11.8 Å². The number of halogens is 1. The first-order valence-corrected chi connectivity index (χ1v) is 12.5. The van der Waals surface area contributed by atoms with E-state index in [-0.39, 0.29) is 11.2 Å². The number of rotatable bonds is 4. The van der Waals surface area contributed by atoms with Crippen LogP contribution < -0.4 is 9.64 Å². The predicted octanol–water partition coefficient (Wildman–Crippen LogP) is 7.27. The van der Waals surface area contributed by atoms with Gasteiger partial charge in [0.05, 0.1) is 5.69 Å². The Balaban J connectivity index is 1.55. The molecule has 1 fully saturated rings. The van der Waals surface area contributed by atoms with Crippen LogP contribution in [0.4, 0.5) is 5.69 Å². The maximum Gasteiger partial charge on any atom is 0.271 e. The molecule has 34 heavy (non-hydrogen) atoms. The smallest absolute Gasteiger partial charge is 0.271 e. The van der Waals surface area contributed by atoms with Gasteiger partial charge in [0, 0.05) is 15.2 Å². The first-order valence-electron chi connectivity index (χ1n) is 11.3. The highest BCUT2D eigenvalue weighted by Crippen LogP contribution is 2.59. The largest absolute Gasteiger partial charge is 0.478 e. The van der Waals surface area contributed by atoms with Gasteiger partial charge in [-0.1, -0.05) is 84.4 Å². The monoisotopic (exact) mass is 483 g/mol. The van der Waals surface area contributed by atoms with Crippen LogP contribution in [0.1, 0.15) is 22.8 Å². The molecule has 4 aromatic rings. The van der Waals surface area contributed by atoms with Crippen LogP contribution in [0.3, 0.4) is 0 Å². The average molecular weight is 484 g/mol. The van der Waals surface area contributed by atoms with Gasteiger partial charge >= 0.3 is 0 Å². The van der Waals surface area contributed by atoms with Crippen LogP contribution in [-0.4, -0.2) is 12.0 Å². The maximum atomic E-state index is 13.8. The molecule has 1 saturated heterocycles. The fourth-order valence-corrected chi connectivity index (χ4v) is 6.59. The molecule has 168 valence electrons. The van der Waals surface area contributed by atoms with Crippen molar-refractivity contribution in [1.82, 2.24) is 0 Å². The maximum absolute atomic E-state index is 13.8. The summed E-state index contributed by atoms with van der Waals surface area (Å²) in [7, 11) is 0. The van der Waals surface area contributed by atoms with Crippen molar-refractivity contribution in [2.45, 2.75) is 28.2 Å². The molecule has 4 aromatic carbocycles. The third-order valence-corrected chi connectivity index (χ3v) is 8.24. The molecule has 1 amide bonds. The lowest BCUT2D eigenvalue weighted by atomic mass is 9.70. The molecule has 0 unspecified atom stereocenters. The van der Waals surface area contributed by atoms with E-state index in [2.05, 4.69) is 30.3 Å². The zero-order chi connectivity index (χ0) is 23.1. The van der Waals surface area contributed by atoms with Gasteiger partial charge in [0.25, 0.3) is 5.91 Å². The highest BCUT2D eigenvalue weighted by molar-refractivity contribution is 7.99. The summed E-state index contributed by atoms with van der Waals surface area (Å²) in [4.78, 5) is 16.8. The van der Waals surface area contributed by atoms with Crippen molar-refractivity contribution in [3.05, 3.63) is 125 Å². The Kier molecular flexibility index (Phi) is 5.35. The van der Waals surface area contributed by atoms with E-state index in [0.29, 0.717) is 17.2 Å². The fourth-order valence-electron chi connectivity index (χ4n) is 5.09. The van der Waals surface area contributed by atoms with E-state index in [1.807, 2.05) is 95.5 Å². The summed E-state index contributed by atoms with van der Waals surface area (Å²) in [6.07, 6.45) is 0.0652. The zero-order valence-electron chi connectivity index (χ0n) is 18.3. The van der Waals surface area contributed by atoms with Gasteiger partial charge in [0.2, 0.25) is 6.10 Å². The normalized spacial score (nSPS) is 23.3. The van der Waals surface area contributed by atoms with Gasteiger partial charge < -0.3 is 4.74 Å². The lowest BCUT2D eigenvalue weighted by Crippen LogP contribution is -2.74. The minimum atomic E-state index is -0.669. The number of carbonyl (C=O) groups excluding carboxylic acids is 1. The lowest BCUT2D eigenvalue weighted by molar-refractivity contribution is -0.142. The van der Waals surface area contributed by atoms with Crippen molar-refractivity contribution in [2.75, 3.05) is 4.90 Å². The van der Waals surface area contributed by atoms with Gasteiger partial charge in [-0.25, -0.2) is 0 Å². The topological polar surface area (TPSA) is 29.5 Å². The Labute approximate surface area is 208 Å². The van der Waals surface area contributed by atoms with E-state index in [4.69, 9.17) is 16.3 Å². The van der Waals surface area contributed by atoms with Crippen LogP contribution in [0, 0.1) is 0 Å². The van der Waals surface area contributed by atoms with E-state index in [1.165, 1.54) is 5.56 Å². The molecular weight excluding hydrogens is 462 g/mol. The number of para-hydroxylation sites is 2. The standard InChI is InChI=1S/C29H22ClNO2S/c30-22-17-15-21(16-18-22)29-19-26(20-9-3-1-4-10-20)34-25-14-8-7-13-24(25)31(29)28(32)27(29)33-23-11-5-2-6-12-23/h1-18,26-27H,19H2/t26-,27+,29+/m1/s1. The van der Waals surface area contributed by atoms with Gasteiger partial charge in [0.15, 0.2) is 0 Å². The number of anilines is 1. The second kappa shape index (κ2) is 8.53. The molecule has 0 aromatic heterocycles. The Morgan fingerprint density at radius 3 is 2.21 bits per heavy atom. The number of carbonyl (C=O) groups is 1. The van der Waals surface area contributed by atoms with Crippen molar-refractivity contribution in [3.8, 4) is 5.75 Å². The van der Waals surface area contributed by atoms with Gasteiger partial charge in [-0.3, -0.25) is 9.69 Å². The summed E-state index contributed by atoms with van der Waals surface area (Å²) >= 11 is 8.08. The summed E-state index contributed by atoms with van der Waals surface area (Å²) in [6.45, 7) is 0. The Morgan fingerprint density at radius 2 is 1.47 bits per heavy atom. The van der Waals surface area contributed by atoms with Crippen LogP contribution in [0.2, 0.25) is 5.02 Å². The molecular formula is C29H22ClNO2S. The SMILES string of the molecule is O=C1[C@H](Oc2ccccc2)[C@@]2(c3ccc(Cl)cc3)C[C@H](c3ccccc3)Sc3ccccc3N12. The number of hydrogen-bond acceptors (Lipinski definition) is 3. The molecule has 3 atom stereocenters. The molecule has 0 spiro atoms. The number of benzene rings is 4. The van der Waals surface area contributed by atoms with Crippen LogP contribution in [0.5, 0.6) is 5.75 Å². The number of amides is 1. The molecule has 3 nitrogen and oxygen atoms in total. The van der Waals surface area contributed by atoms with Crippen LogP contribution in [-0.2, 0) is 10.3 Å².